The van der Waals surface area contributed by atoms with Crippen LogP contribution in [0.4, 0.5) is 8.78 Å². The van der Waals surface area contributed by atoms with E-state index >= 15 is 0 Å². The van der Waals surface area contributed by atoms with E-state index in [-0.39, 0.29) is 17.7 Å². The lowest BCUT2D eigenvalue weighted by atomic mass is 9.92. The summed E-state index contributed by atoms with van der Waals surface area (Å²) < 4.78 is 31.6. The molecule has 2 unspecified atom stereocenters. The van der Waals surface area contributed by atoms with Crippen molar-refractivity contribution >= 4 is 0 Å². The molecule has 1 aliphatic rings. The molecule has 1 aliphatic heterocycles. The van der Waals surface area contributed by atoms with E-state index in [1.54, 1.807) is 6.07 Å². The Morgan fingerprint density at radius 3 is 2.76 bits per heavy atom. The number of fused-ring (bicyclic) bond motifs is 1. The number of benzene rings is 2. The smallest absolute Gasteiger partial charge is 0.263 e. The van der Waals surface area contributed by atoms with Crippen LogP contribution in [0, 0.1) is 6.92 Å². The molecule has 0 aromatic heterocycles. The van der Waals surface area contributed by atoms with Gasteiger partial charge in [0, 0.05) is 23.6 Å². The molecule has 0 saturated heterocycles. The van der Waals surface area contributed by atoms with E-state index in [2.05, 4.69) is 0 Å². The van der Waals surface area contributed by atoms with Gasteiger partial charge in [-0.1, -0.05) is 35.9 Å². The van der Waals surface area contributed by atoms with E-state index in [0.29, 0.717) is 6.42 Å². The predicted octanol–water partition coefficient (Wildman–Crippen LogP) is 4.46. The van der Waals surface area contributed by atoms with Gasteiger partial charge in [-0.15, -0.1) is 0 Å². The van der Waals surface area contributed by atoms with Crippen LogP contribution in [0.15, 0.2) is 42.5 Å². The molecule has 0 spiro atoms. The highest BCUT2D eigenvalue weighted by molar-refractivity contribution is 5.42. The summed E-state index contributed by atoms with van der Waals surface area (Å²) in [5.41, 5.74) is 9.08. The van der Waals surface area contributed by atoms with Gasteiger partial charge in [-0.25, -0.2) is 8.78 Å². The Bertz CT molecular complexity index is 657. The van der Waals surface area contributed by atoms with Crippen LogP contribution in [0.3, 0.4) is 0 Å². The Balaban J connectivity index is 1.92. The molecule has 0 bridgehead atoms. The van der Waals surface area contributed by atoms with Crippen LogP contribution >= 0.6 is 0 Å². The van der Waals surface area contributed by atoms with Crippen molar-refractivity contribution in [3.63, 3.8) is 0 Å². The highest BCUT2D eigenvalue weighted by Gasteiger charge is 2.27. The van der Waals surface area contributed by atoms with Gasteiger partial charge in [0.1, 0.15) is 11.9 Å². The largest absolute Gasteiger partial charge is 0.485 e. The summed E-state index contributed by atoms with van der Waals surface area (Å²) in [7, 11) is 0. The number of rotatable bonds is 2. The van der Waals surface area contributed by atoms with Crippen molar-refractivity contribution < 1.29 is 13.5 Å². The normalized spacial score (nSPS) is 21.0. The van der Waals surface area contributed by atoms with Gasteiger partial charge >= 0.3 is 0 Å². The first-order valence-corrected chi connectivity index (χ1v) is 6.95. The lowest BCUT2D eigenvalue weighted by Crippen LogP contribution is -2.24. The number of aryl methyl sites for hydroxylation is 1. The highest BCUT2D eigenvalue weighted by Crippen LogP contribution is 2.40. The zero-order valence-electron chi connectivity index (χ0n) is 11.7. The molecule has 0 saturated carbocycles. The fourth-order valence-corrected chi connectivity index (χ4v) is 2.72. The van der Waals surface area contributed by atoms with Gasteiger partial charge in [-0.05, 0) is 24.6 Å². The van der Waals surface area contributed by atoms with Crippen LogP contribution in [0.25, 0.3) is 0 Å². The van der Waals surface area contributed by atoms with Crippen LogP contribution in [-0.4, -0.2) is 0 Å². The average Bonchev–Trinajstić information content (AvgIpc) is 2.48. The van der Waals surface area contributed by atoms with Crippen molar-refractivity contribution in [1.82, 2.24) is 0 Å². The quantitative estimate of drug-likeness (QED) is 0.886. The Labute approximate surface area is 122 Å². The first-order chi connectivity index (χ1) is 10.0. The molecule has 110 valence electrons. The number of hydrogen-bond acceptors (Lipinski definition) is 2. The van der Waals surface area contributed by atoms with Gasteiger partial charge in [0.25, 0.3) is 6.43 Å². The van der Waals surface area contributed by atoms with E-state index in [4.69, 9.17) is 10.5 Å². The third-order valence-corrected chi connectivity index (χ3v) is 3.84. The zero-order chi connectivity index (χ0) is 15.0. The molecule has 2 aromatic rings. The first-order valence-electron chi connectivity index (χ1n) is 6.95. The molecule has 3 rings (SSSR count). The monoisotopic (exact) mass is 289 g/mol. The third-order valence-electron chi connectivity index (χ3n) is 3.84. The summed E-state index contributed by atoms with van der Waals surface area (Å²) in [6.07, 6.45) is -2.17. The van der Waals surface area contributed by atoms with Gasteiger partial charge in [0.05, 0.1) is 0 Å². The minimum Gasteiger partial charge on any atom is -0.485 e. The molecule has 0 aliphatic carbocycles. The Morgan fingerprint density at radius 1 is 1.19 bits per heavy atom. The van der Waals surface area contributed by atoms with Crippen LogP contribution < -0.4 is 10.5 Å². The maximum atomic E-state index is 12.8. The Morgan fingerprint density at radius 2 is 2.00 bits per heavy atom. The maximum Gasteiger partial charge on any atom is 0.263 e. The number of alkyl halides is 2. The van der Waals surface area contributed by atoms with E-state index in [1.165, 1.54) is 12.1 Å². The van der Waals surface area contributed by atoms with E-state index in [1.807, 2.05) is 31.2 Å². The second kappa shape index (κ2) is 5.45. The molecule has 0 radical (unpaired) electrons. The zero-order valence-corrected chi connectivity index (χ0v) is 11.7. The lowest BCUT2D eigenvalue weighted by Gasteiger charge is -2.31. The minimum atomic E-state index is -2.47. The second-order valence-corrected chi connectivity index (χ2v) is 5.46. The maximum absolute atomic E-state index is 12.8. The van der Waals surface area contributed by atoms with Crippen molar-refractivity contribution in [1.29, 1.82) is 0 Å². The molecule has 1 heterocycles. The molecule has 4 heteroatoms. The van der Waals surface area contributed by atoms with Crippen molar-refractivity contribution in [2.45, 2.75) is 31.9 Å². The minimum absolute atomic E-state index is 0.0133. The molecule has 2 nitrogen and oxygen atoms in total. The van der Waals surface area contributed by atoms with Crippen LogP contribution in [0.2, 0.25) is 0 Å². The van der Waals surface area contributed by atoms with Gasteiger partial charge < -0.3 is 10.5 Å². The van der Waals surface area contributed by atoms with Crippen LogP contribution in [0.5, 0.6) is 5.75 Å². The van der Waals surface area contributed by atoms with Crippen LogP contribution in [-0.2, 0) is 0 Å². The fourth-order valence-electron chi connectivity index (χ4n) is 2.72. The van der Waals surface area contributed by atoms with Gasteiger partial charge in [0.2, 0.25) is 0 Å². The molecule has 0 fully saturated rings. The number of halogens is 2. The Hall–Kier alpha value is -1.94. The van der Waals surface area contributed by atoms with E-state index in [9.17, 15) is 8.78 Å². The summed E-state index contributed by atoms with van der Waals surface area (Å²) in [4.78, 5) is 0. The van der Waals surface area contributed by atoms with Crippen molar-refractivity contribution in [3.8, 4) is 5.75 Å². The number of hydrogen-bond donors (Lipinski definition) is 1. The van der Waals surface area contributed by atoms with E-state index < -0.39 is 6.43 Å². The fraction of sp³-hybridized carbons (Fsp3) is 0.294. The molecular weight excluding hydrogens is 272 g/mol. The molecule has 0 amide bonds. The summed E-state index contributed by atoms with van der Waals surface area (Å²) in [5.74, 6) is 0.742. The predicted molar refractivity (Wildman–Crippen MR) is 77.5 cm³/mol. The summed E-state index contributed by atoms with van der Waals surface area (Å²) in [5, 5.41) is 0. The standard InChI is InChI=1S/C17H17F2NO/c1-10-5-6-15-13(7-10)14(20)9-16(21-15)11-3-2-4-12(8-11)17(18)19/h2-8,14,16-17H,9,20H2,1H3. The number of ether oxygens (including phenoxy) is 1. The summed E-state index contributed by atoms with van der Waals surface area (Å²) in [6, 6.07) is 12.1. The molecule has 2 N–H and O–H groups in total. The van der Waals surface area contributed by atoms with Crippen LogP contribution in [0.1, 0.15) is 47.2 Å². The average molecular weight is 289 g/mol. The van der Waals surface area contributed by atoms with Gasteiger partial charge in [0.15, 0.2) is 0 Å². The molecule has 2 aromatic carbocycles. The Kier molecular flexibility index (Phi) is 3.64. The molecule has 2 atom stereocenters. The summed E-state index contributed by atoms with van der Waals surface area (Å²) >= 11 is 0. The third kappa shape index (κ3) is 2.76. The van der Waals surface area contributed by atoms with Gasteiger partial charge in [-0.3, -0.25) is 0 Å². The SMILES string of the molecule is Cc1ccc2c(c1)C(N)CC(c1cccc(C(F)F)c1)O2. The lowest BCUT2D eigenvalue weighted by molar-refractivity contribution is 0.148. The highest BCUT2D eigenvalue weighted by atomic mass is 19.3. The topological polar surface area (TPSA) is 35.2 Å². The molecular formula is C17H17F2NO. The van der Waals surface area contributed by atoms with Crippen molar-refractivity contribution in [3.05, 3.63) is 64.7 Å². The first kappa shape index (κ1) is 14.0. The number of nitrogens with two attached hydrogens (primary N) is 1. The van der Waals surface area contributed by atoms with Crippen molar-refractivity contribution in [2.75, 3.05) is 0 Å². The molecule has 21 heavy (non-hydrogen) atoms. The second-order valence-electron chi connectivity index (χ2n) is 5.46. The van der Waals surface area contributed by atoms with E-state index in [0.717, 1.165) is 22.4 Å². The summed E-state index contributed by atoms with van der Waals surface area (Å²) in [6.45, 7) is 2.01. The van der Waals surface area contributed by atoms with Crippen molar-refractivity contribution in [2.24, 2.45) is 5.73 Å². The van der Waals surface area contributed by atoms with Gasteiger partial charge in [-0.2, -0.15) is 0 Å².